The van der Waals surface area contributed by atoms with Gasteiger partial charge in [0, 0.05) is 31.6 Å². The van der Waals surface area contributed by atoms with E-state index in [0.29, 0.717) is 217 Å². The average molecular weight is 982 g/mol. The second kappa shape index (κ2) is 52.0. The summed E-state index contributed by atoms with van der Waals surface area (Å²) in [4.78, 5) is 36.3. The zero-order chi connectivity index (χ0) is 49.8. The van der Waals surface area contributed by atoms with Crippen LogP contribution in [0.2, 0.25) is 0 Å². The Kier molecular flexibility index (Phi) is 49.8. The van der Waals surface area contributed by atoms with Crippen LogP contribution in [0.3, 0.4) is 0 Å². The van der Waals surface area contributed by atoms with Crippen LogP contribution in [0.25, 0.3) is 0 Å². The van der Waals surface area contributed by atoms with Crippen LogP contribution < -0.4 is 27.0 Å². The Morgan fingerprint density at radius 2 is 0.868 bits per heavy atom. The monoisotopic (exact) mass is 982 g/mol. The van der Waals surface area contributed by atoms with E-state index in [1.165, 1.54) is 0 Å². The summed E-state index contributed by atoms with van der Waals surface area (Å²) in [5.74, 6) is -0.189. The molecule has 0 aliphatic heterocycles. The molecule has 0 saturated heterocycles. The molecule has 0 aliphatic carbocycles. The zero-order valence-corrected chi connectivity index (χ0v) is 41.7. The van der Waals surface area contributed by atoms with E-state index in [4.69, 9.17) is 62.6 Å². The predicted octanol–water partition coefficient (Wildman–Crippen LogP) is 1.61. The number of carbonyl (C=O) groups excluding carboxylic acids is 3. The van der Waals surface area contributed by atoms with Crippen molar-refractivity contribution in [3.8, 4) is 0 Å². The van der Waals surface area contributed by atoms with E-state index in [1.807, 2.05) is 0 Å². The molecule has 2 amide bonds. The van der Waals surface area contributed by atoms with Gasteiger partial charge < -0.3 is 88.9 Å². The van der Waals surface area contributed by atoms with Crippen molar-refractivity contribution in [1.82, 2.24) is 21.3 Å². The van der Waals surface area contributed by atoms with E-state index >= 15 is 0 Å². The van der Waals surface area contributed by atoms with Gasteiger partial charge in [-0.2, -0.15) is 0 Å². The van der Waals surface area contributed by atoms with Gasteiger partial charge in [-0.05, 0) is 65.5 Å². The molecule has 68 heavy (non-hydrogen) atoms. The fourth-order valence-electron chi connectivity index (χ4n) is 5.69. The van der Waals surface area contributed by atoms with Gasteiger partial charge in [-0.1, -0.05) is 13.2 Å². The van der Waals surface area contributed by atoms with Crippen LogP contribution in [-0.4, -0.2) is 220 Å². The molecule has 0 saturated carbocycles. The van der Waals surface area contributed by atoms with E-state index in [-0.39, 0.29) is 29.4 Å². The maximum atomic E-state index is 13.0. The Hall–Kier alpha value is -2.87. The Labute approximate surface area is 406 Å². The highest BCUT2D eigenvalue weighted by Gasteiger charge is 2.20. The third-order valence-corrected chi connectivity index (χ3v) is 9.53. The van der Waals surface area contributed by atoms with Crippen molar-refractivity contribution in [3.05, 3.63) is 24.6 Å². The summed E-state index contributed by atoms with van der Waals surface area (Å²) in [6, 6.07) is -0.824. The van der Waals surface area contributed by atoms with E-state index in [1.54, 1.807) is 14.0 Å². The Bertz CT molecular complexity index is 1190. The van der Waals surface area contributed by atoms with Gasteiger partial charge in [-0.15, -0.1) is 0 Å². The smallest absolute Gasteiger partial charge is 0.242 e. The highest BCUT2D eigenvalue weighted by atomic mass is 16.6. The summed E-state index contributed by atoms with van der Waals surface area (Å²) in [5.41, 5.74) is 6.42. The number of allylic oxidation sites excluding steroid dienone is 1. The lowest BCUT2D eigenvalue weighted by Crippen LogP contribution is -2.47. The average Bonchev–Trinajstić information content (AvgIpc) is 3.31. The van der Waals surface area contributed by atoms with Crippen LogP contribution in [0.1, 0.15) is 64.7 Å². The maximum absolute atomic E-state index is 13.0. The highest BCUT2D eigenvalue weighted by molar-refractivity contribution is 5.87. The van der Waals surface area contributed by atoms with E-state index in [0.717, 1.165) is 25.0 Å². The SMILES string of the molecule is C=C(CCC(NC)C(=C)O)NCCCCC(NC(=O)CCCCN)C(=O)NCCOCCOCCOCCOCCOCCOCCOCCOCCOCCOCCOCCOCCC(C)=O. The van der Waals surface area contributed by atoms with Crippen molar-refractivity contribution in [3.63, 3.8) is 0 Å². The van der Waals surface area contributed by atoms with Crippen LogP contribution in [0.4, 0.5) is 0 Å². The number of unbranched alkanes of at least 4 members (excludes halogenated alkanes) is 2. The summed E-state index contributed by atoms with van der Waals surface area (Å²) in [6.45, 7) is 21.5. The first-order valence-corrected chi connectivity index (χ1v) is 24.4. The highest BCUT2D eigenvalue weighted by Crippen LogP contribution is 2.09. The number of nitrogens with two attached hydrogens (primary N) is 1. The quantitative estimate of drug-likeness (QED) is 0.0374. The van der Waals surface area contributed by atoms with Gasteiger partial charge >= 0.3 is 0 Å². The van der Waals surface area contributed by atoms with Gasteiger partial charge in [0.15, 0.2) is 0 Å². The molecule has 0 aromatic rings. The number of rotatable bonds is 56. The molecule has 0 bridgehead atoms. The zero-order valence-electron chi connectivity index (χ0n) is 41.7. The van der Waals surface area contributed by atoms with Crippen molar-refractivity contribution in [2.24, 2.45) is 5.73 Å². The van der Waals surface area contributed by atoms with E-state index in [9.17, 15) is 19.5 Å². The van der Waals surface area contributed by atoms with Gasteiger partial charge in [-0.25, -0.2) is 0 Å². The number of Topliss-reactive ketones (excluding diaryl/α,β-unsaturated/α-hetero) is 1. The standard InChI is InChI=1S/C47H91N5O16/c1-41(11-12-44(49-4)43(3)54)50-15-8-6-9-45(52-46(55)10-5-7-14-48)47(56)51-16-18-58-20-22-60-24-26-62-28-30-64-32-34-66-36-38-68-40-39-67-37-35-65-33-31-63-29-27-61-25-23-59-21-19-57-17-13-42(2)53/h44-45,49-50,54H,1,3,5-40,48H2,2,4H3,(H,51,56)(H,52,55). The Balaban J connectivity index is 3.60. The molecule has 0 fully saturated rings. The maximum Gasteiger partial charge on any atom is 0.242 e. The Morgan fingerprint density at radius 3 is 1.24 bits per heavy atom. The van der Waals surface area contributed by atoms with Gasteiger partial charge in [0.25, 0.3) is 0 Å². The van der Waals surface area contributed by atoms with Crippen molar-refractivity contribution in [2.75, 3.05) is 185 Å². The molecule has 0 heterocycles. The number of ether oxygens (including phenoxy) is 12. The minimum Gasteiger partial charge on any atom is -0.511 e. The second-order valence-corrected chi connectivity index (χ2v) is 15.4. The summed E-state index contributed by atoms with van der Waals surface area (Å²) in [6.07, 6.45) is 5.56. The number of ketones is 1. The fraction of sp³-hybridized carbons (Fsp3) is 0.851. The molecule has 2 unspecified atom stereocenters. The van der Waals surface area contributed by atoms with Gasteiger partial charge in [-0.3, -0.25) is 14.4 Å². The molecule has 0 aliphatic rings. The molecule has 0 rings (SSSR count). The number of hydrogen-bond donors (Lipinski definition) is 6. The molecular formula is C47H91N5O16. The van der Waals surface area contributed by atoms with Crippen molar-refractivity contribution < 1.29 is 76.3 Å². The molecule has 400 valence electrons. The lowest BCUT2D eigenvalue weighted by molar-refractivity contribution is -0.129. The van der Waals surface area contributed by atoms with Crippen LogP contribution in [-0.2, 0) is 71.2 Å². The van der Waals surface area contributed by atoms with Crippen LogP contribution in [0, 0.1) is 0 Å². The van der Waals surface area contributed by atoms with Crippen LogP contribution >= 0.6 is 0 Å². The lowest BCUT2D eigenvalue weighted by Gasteiger charge is -2.19. The third kappa shape index (κ3) is 48.2. The fourth-order valence-corrected chi connectivity index (χ4v) is 5.69. The van der Waals surface area contributed by atoms with Crippen molar-refractivity contribution in [1.29, 1.82) is 0 Å². The van der Waals surface area contributed by atoms with Crippen molar-refractivity contribution in [2.45, 2.75) is 76.8 Å². The minimum absolute atomic E-state index is 0.102. The normalized spacial score (nSPS) is 12.2. The third-order valence-electron chi connectivity index (χ3n) is 9.53. The van der Waals surface area contributed by atoms with Crippen molar-refractivity contribution >= 4 is 17.6 Å². The molecule has 21 nitrogen and oxygen atoms in total. The molecule has 0 aromatic carbocycles. The molecular weight excluding hydrogens is 891 g/mol. The number of likely N-dealkylation sites (N-methyl/N-ethyl adjacent to an activating group) is 1. The van der Waals surface area contributed by atoms with Gasteiger partial charge in [0.1, 0.15) is 17.6 Å². The molecule has 0 radical (unpaired) electrons. The number of hydrogen-bond acceptors (Lipinski definition) is 19. The molecule has 2 atom stereocenters. The first kappa shape index (κ1) is 65.1. The van der Waals surface area contributed by atoms with E-state index in [2.05, 4.69) is 34.4 Å². The molecule has 21 heteroatoms. The van der Waals surface area contributed by atoms with Crippen LogP contribution in [0.5, 0.6) is 0 Å². The first-order valence-electron chi connectivity index (χ1n) is 24.4. The minimum atomic E-state index is -0.641. The number of aliphatic hydroxyl groups excluding tert-OH is 1. The number of aliphatic hydroxyl groups is 1. The number of amides is 2. The largest absolute Gasteiger partial charge is 0.511 e. The molecule has 0 aromatic heterocycles. The topological polar surface area (TPSA) is 256 Å². The first-order chi connectivity index (χ1) is 33.2. The summed E-state index contributed by atoms with van der Waals surface area (Å²) >= 11 is 0. The van der Waals surface area contributed by atoms with E-state index < -0.39 is 6.04 Å². The van der Waals surface area contributed by atoms with Gasteiger partial charge in [0.05, 0.1) is 165 Å². The molecule has 0 spiro atoms. The van der Waals surface area contributed by atoms with Gasteiger partial charge in [0.2, 0.25) is 11.8 Å². The second-order valence-electron chi connectivity index (χ2n) is 15.4. The summed E-state index contributed by atoms with van der Waals surface area (Å²) < 4.78 is 65.8. The number of nitrogens with one attached hydrogen (secondary N) is 4. The van der Waals surface area contributed by atoms with Crippen LogP contribution in [0.15, 0.2) is 24.6 Å². The summed E-state index contributed by atoms with van der Waals surface area (Å²) in [7, 11) is 1.77. The Morgan fingerprint density at radius 1 is 0.471 bits per heavy atom. The number of carbonyl (C=O) groups is 3. The summed E-state index contributed by atoms with van der Waals surface area (Å²) in [5, 5.41) is 21.7. The lowest BCUT2D eigenvalue weighted by atomic mass is 10.1. The molecule has 7 N–H and O–H groups in total. The predicted molar refractivity (Wildman–Crippen MR) is 258 cm³/mol.